The molecule has 21 heavy (non-hydrogen) atoms. The topological polar surface area (TPSA) is 70.4 Å². The zero-order chi connectivity index (χ0) is 14.8. The van der Waals surface area contributed by atoms with Crippen molar-refractivity contribution in [3.8, 4) is 5.75 Å². The average Bonchev–Trinajstić information content (AvgIpc) is 2.77. The summed E-state index contributed by atoms with van der Waals surface area (Å²) in [6.07, 6.45) is 0. The molecule has 5 nitrogen and oxygen atoms in total. The highest BCUT2D eigenvalue weighted by atomic mass is 16.5. The van der Waals surface area contributed by atoms with E-state index in [1.54, 1.807) is 22.8 Å². The second-order valence-corrected chi connectivity index (χ2v) is 4.88. The Hall–Kier alpha value is -2.69. The van der Waals surface area contributed by atoms with Gasteiger partial charge in [0, 0.05) is 0 Å². The fourth-order valence-electron chi connectivity index (χ4n) is 2.24. The molecule has 0 aliphatic carbocycles. The second-order valence-electron chi connectivity index (χ2n) is 4.88. The number of nitrogens with zero attached hydrogens (tertiary/aromatic N) is 1. The molecule has 0 radical (unpaired) electrons. The highest BCUT2D eigenvalue weighted by Gasteiger charge is 2.09. The third-order valence-electron chi connectivity index (χ3n) is 3.31. The normalized spacial score (nSPS) is 10.9. The Morgan fingerprint density at radius 1 is 1.24 bits per heavy atom. The van der Waals surface area contributed by atoms with Crippen LogP contribution in [0.15, 0.2) is 51.7 Å². The number of fused-ring (bicyclic) bond motifs is 1. The van der Waals surface area contributed by atoms with Crippen LogP contribution in [0.1, 0.15) is 5.56 Å². The summed E-state index contributed by atoms with van der Waals surface area (Å²) in [6.45, 7) is 2.72. The quantitative estimate of drug-likeness (QED) is 0.747. The van der Waals surface area contributed by atoms with Gasteiger partial charge >= 0.3 is 5.76 Å². The number of hydrogen-bond donors (Lipinski definition) is 1. The number of aryl methyl sites for hydroxylation is 1. The monoisotopic (exact) mass is 284 g/mol. The van der Waals surface area contributed by atoms with Gasteiger partial charge in [0.15, 0.2) is 5.58 Å². The van der Waals surface area contributed by atoms with Gasteiger partial charge in [-0.25, -0.2) is 4.79 Å². The first-order valence-electron chi connectivity index (χ1n) is 6.72. The molecule has 0 saturated heterocycles. The molecule has 1 aromatic heterocycles. The van der Waals surface area contributed by atoms with Crippen LogP contribution < -0.4 is 16.2 Å². The van der Waals surface area contributed by atoms with Crippen LogP contribution in [0, 0.1) is 6.92 Å². The maximum atomic E-state index is 11.9. The van der Waals surface area contributed by atoms with E-state index in [1.807, 2.05) is 31.2 Å². The minimum atomic E-state index is -0.375. The summed E-state index contributed by atoms with van der Waals surface area (Å²) < 4.78 is 12.4. The lowest BCUT2D eigenvalue weighted by atomic mass is 10.2. The number of benzene rings is 2. The molecule has 2 N–H and O–H groups in total. The SMILES string of the molecule is Cc1ccc2oc(=O)n(CCOc3ccccc3N)c2c1. The number of anilines is 1. The van der Waals surface area contributed by atoms with Crippen molar-refractivity contribution in [1.82, 2.24) is 4.57 Å². The minimum Gasteiger partial charge on any atom is -0.490 e. The van der Waals surface area contributed by atoms with Crippen LogP contribution in [0.25, 0.3) is 11.1 Å². The van der Waals surface area contributed by atoms with Crippen molar-refractivity contribution in [1.29, 1.82) is 0 Å². The molecule has 0 fully saturated rings. The molecule has 0 bridgehead atoms. The minimum absolute atomic E-state index is 0.344. The Morgan fingerprint density at radius 3 is 2.86 bits per heavy atom. The summed E-state index contributed by atoms with van der Waals surface area (Å²) >= 11 is 0. The van der Waals surface area contributed by atoms with E-state index in [9.17, 15) is 4.79 Å². The molecule has 0 amide bonds. The van der Waals surface area contributed by atoms with Crippen molar-refractivity contribution in [3.05, 3.63) is 58.6 Å². The van der Waals surface area contributed by atoms with E-state index in [-0.39, 0.29) is 5.76 Å². The molecular weight excluding hydrogens is 268 g/mol. The van der Waals surface area contributed by atoms with Gasteiger partial charge in [-0.05, 0) is 36.8 Å². The molecule has 0 spiro atoms. The summed E-state index contributed by atoms with van der Waals surface area (Å²) in [4.78, 5) is 11.9. The summed E-state index contributed by atoms with van der Waals surface area (Å²) in [5.41, 5.74) is 8.83. The Kier molecular flexibility index (Phi) is 3.39. The van der Waals surface area contributed by atoms with Crippen molar-refractivity contribution in [3.63, 3.8) is 0 Å². The van der Waals surface area contributed by atoms with E-state index >= 15 is 0 Å². The van der Waals surface area contributed by atoms with Crippen LogP contribution in [0.5, 0.6) is 5.75 Å². The number of rotatable bonds is 4. The van der Waals surface area contributed by atoms with E-state index in [1.165, 1.54) is 0 Å². The molecule has 0 saturated carbocycles. The number of ether oxygens (including phenoxy) is 1. The van der Waals surface area contributed by atoms with E-state index < -0.39 is 0 Å². The van der Waals surface area contributed by atoms with Gasteiger partial charge in [0.25, 0.3) is 0 Å². The average molecular weight is 284 g/mol. The number of nitrogens with two attached hydrogens (primary N) is 1. The first-order chi connectivity index (χ1) is 10.1. The van der Waals surface area contributed by atoms with Crippen LogP contribution in [0.4, 0.5) is 5.69 Å². The standard InChI is InChI=1S/C16H16N2O3/c1-11-6-7-15-13(10-11)18(16(19)21-15)8-9-20-14-5-3-2-4-12(14)17/h2-7,10H,8-9,17H2,1H3. The maximum absolute atomic E-state index is 11.9. The molecule has 3 aromatic rings. The molecule has 3 rings (SSSR count). The van der Waals surface area contributed by atoms with Crippen LogP contribution in [-0.4, -0.2) is 11.2 Å². The lowest BCUT2D eigenvalue weighted by molar-refractivity contribution is 0.295. The van der Waals surface area contributed by atoms with Gasteiger partial charge in [0.1, 0.15) is 12.4 Å². The van der Waals surface area contributed by atoms with Crippen molar-refractivity contribution >= 4 is 16.8 Å². The fraction of sp³-hybridized carbons (Fsp3) is 0.188. The summed E-state index contributed by atoms with van der Waals surface area (Å²) in [5.74, 6) is 0.245. The molecule has 0 unspecified atom stereocenters. The van der Waals surface area contributed by atoms with Gasteiger partial charge in [-0.3, -0.25) is 4.57 Å². The number of para-hydroxylation sites is 2. The van der Waals surface area contributed by atoms with Crippen LogP contribution in [-0.2, 0) is 6.54 Å². The molecule has 0 aliphatic heterocycles. The maximum Gasteiger partial charge on any atom is 0.420 e. The van der Waals surface area contributed by atoms with Gasteiger partial charge in [0.05, 0.1) is 17.7 Å². The van der Waals surface area contributed by atoms with Gasteiger partial charge < -0.3 is 14.9 Å². The summed E-state index contributed by atoms with van der Waals surface area (Å²) in [6, 6.07) is 12.9. The largest absolute Gasteiger partial charge is 0.490 e. The lowest BCUT2D eigenvalue weighted by Crippen LogP contribution is -2.18. The van der Waals surface area contributed by atoms with E-state index in [0.717, 1.165) is 11.1 Å². The first-order valence-corrected chi connectivity index (χ1v) is 6.72. The summed E-state index contributed by atoms with van der Waals surface area (Å²) in [5, 5.41) is 0. The Labute approximate surface area is 121 Å². The Morgan fingerprint density at radius 2 is 2.05 bits per heavy atom. The zero-order valence-corrected chi connectivity index (χ0v) is 11.7. The van der Waals surface area contributed by atoms with E-state index in [4.69, 9.17) is 14.9 Å². The Balaban J connectivity index is 1.79. The van der Waals surface area contributed by atoms with Gasteiger partial charge in [-0.15, -0.1) is 0 Å². The van der Waals surface area contributed by atoms with Gasteiger partial charge in [0.2, 0.25) is 0 Å². The molecule has 0 atom stereocenters. The van der Waals surface area contributed by atoms with Crippen molar-refractivity contribution in [2.45, 2.75) is 13.5 Å². The van der Waals surface area contributed by atoms with Crippen molar-refractivity contribution in [2.24, 2.45) is 0 Å². The highest BCUT2D eigenvalue weighted by Crippen LogP contribution is 2.20. The first kappa shape index (κ1) is 13.3. The van der Waals surface area contributed by atoms with Gasteiger partial charge in [-0.1, -0.05) is 18.2 Å². The fourth-order valence-corrected chi connectivity index (χ4v) is 2.24. The predicted octanol–water partition coefficient (Wildman–Crippen LogP) is 2.56. The summed E-state index contributed by atoms with van der Waals surface area (Å²) in [7, 11) is 0. The lowest BCUT2D eigenvalue weighted by Gasteiger charge is -2.08. The van der Waals surface area contributed by atoms with E-state index in [0.29, 0.717) is 30.2 Å². The van der Waals surface area contributed by atoms with Crippen LogP contribution in [0.3, 0.4) is 0 Å². The third-order valence-corrected chi connectivity index (χ3v) is 3.31. The molecule has 1 heterocycles. The molecule has 5 heteroatoms. The highest BCUT2D eigenvalue weighted by molar-refractivity contribution is 5.73. The smallest absolute Gasteiger partial charge is 0.420 e. The molecule has 0 aliphatic rings. The van der Waals surface area contributed by atoms with Crippen molar-refractivity contribution in [2.75, 3.05) is 12.3 Å². The Bertz CT molecular complexity index is 833. The zero-order valence-electron chi connectivity index (χ0n) is 11.7. The second kappa shape index (κ2) is 5.36. The predicted molar refractivity (Wildman–Crippen MR) is 81.6 cm³/mol. The number of hydrogen-bond acceptors (Lipinski definition) is 4. The molecule has 2 aromatic carbocycles. The van der Waals surface area contributed by atoms with Crippen LogP contribution in [0.2, 0.25) is 0 Å². The van der Waals surface area contributed by atoms with Gasteiger partial charge in [-0.2, -0.15) is 0 Å². The number of aromatic nitrogens is 1. The van der Waals surface area contributed by atoms with E-state index in [2.05, 4.69) is 0 Å². The molecular formula is C16H16N2O3. The van der Waals surface area contributed by atoms with Crippen LogP contribution >= 0.6 is 0 Å². The van der Waals surface area contributed by atoms with Crippen molar-refractivity contribution < 1.29 is 9.15 Å². The third kappa shape index (κ3) is 2.63. The molecule has 108 valence electrons. The number of nitrogen functional groups attached to an aromatic ring is 1. The number of oxazole rings is 1.